The van der Waals surface area contributed by atoms with Crippen molar-refractivity contribution in [3.05, 3.63) is 23.5 Å². The molecule has 194 valence electrons. The van der Waals surface area contributed by atoms with Crippen LogP contribution in [0.4, 0.5) is 0 Å². The van der Waals surface area contributed by atoms with Gasteiger partial charge in [0.2, 0.25) is 30.0 Å². The molecule has 0 aliphatic rings. The predicted octanol–water partition coefficient (Wildman–Crippen LogP) is -2.97. The molecule has 5 amide bonds. The molecule has 0 spiro atoms. The lowest BCUT2D eigenvalue weighted by atomic mass is 10.1. The molecule has 0 fully saturated rings. The van der Waals surface area contributed by atoms with Gasteiger partial charge in [-0.25, -0.2) is 0 Å². The molecule has 1 aromatic heterocycles. The fourth-order valence-electron chi connectivity index (χ4n) is 3.04. The highest BCUT2D eigenvalue weighted by atomic mass is 16.4. The van der Waals surface area contributed by atoms with Crippen molar-refractivity contribution in [1.82, 2.24) is 31.6 Å². The molecule has 14 nitrogen and oxygen atoms in total. The third kappa shape index (κ3) is 12.2. The van der Waals surface area contributed by atoms with E-state index in [9.17, 15) is 28.8 Å². The molecule has 1 rings (SSSR count). The summed E-state index contributed by atoms with van der Waals surface area (Å²) in [5.74, 6) is -3.84. The fraction of sp³-hybridized carbons (Fsp3) is 0.524. The first-order valence-electron chi connectivity index (χ1n) is 11.0. The van der Waals surface area contributed by atoms with Crippen molar-refractivity contribution < 1.29 is 33.9 Å². The molecule has 2 unspecified atom stereocenters. The number of carbonyl (C=O) groups excluding carboxylic acids is 5. The molecule has 2 atom stereocenters. The Morgan fingerprint density at radius 3 is 2.23 bits per heavy atom. The molecule has 0 saturated carbocycles. The van der Waals surface area contributed by atoms with E-state index in [1.54, 1.807) is 12.3 Å². The Kier molecular flexibility index (Phi) is 13.1. The van der Waals surface area contributed by atoms with Gasteiger partial charge in [-0.3, -0.25) is 28.8 Å². The molecule has 0 aliphatic carbocycles. The second kappa shape index (κ2) is 15.8. The molecule has 0 aromatic carbocycles. The molecular formula is C21H33N7O7. The monoisotopic (exact) mass is 495 g/mol. The van der Waals surface area contributed by atoms with Crippen LogP contribution in [-0.2, 0) is 35.2 Å². The van der Waals surface area contributed by atoms with Crippen LogP contribution in [-0.4, -0.2) is 84.4 Å². The van der Waals surface area contributed by atoms with Crippen molar-refractivity contribution in [2.24, 2.45) is 5.73 Å². The molecule has 35 heavy (non-hydrogen) atoms. The first-order chi connectivity index (χ1) is 16.7. The van der Waals surface area contributed by atoms with Gasteiger partial charge in [0.15, 0.2) is 0 Å². The summed E-state index contributed by atoms with van der Waals surface area (Å²) in [5.41, 5.74) is 6.99. The molecule has 1 heterocycles. The van der Waals surface area contributed by atoms with Crippen molar-refractivity contribution in [2.45, 2.75) is 44.7 Å². The summed E-state index contributed by atoms with van der Waals surface area (Å²) in [6, 6.07) is -0.125. The van der Waals surface area contributed by atoms with Crippen LogP contribution in [0.5, 0.6) is 0 Å². The minimum Gasteiger partial charge on any atom is -0.480 e. The number of unbranched alkanes of at least 4 members (excludes halogenated alkanes) is 1. The van der Waals surface area contributed by atoms with E-state index in [4.69, 9.17) is 10.8 Å². The molecule has 0 radical (unpaired) electrons. The molecule has 0 aliphatic heterocycles. The van der Waals surface area contributed by atoms with Gasteiger partial charge >= 0.3 is 5.97 Å². The second-order valence-electron chi connectivity index (χ2n) is 7.75. The van der Waals surface area contributed by atoms with E-state index in [0.29, 0.717) is 37.9 Å². The number of aryl methyl sites for hydroxylation is 1. The lowest BCUT2D eigenvalue weighted by Crippen LogP contribution is -2.53. The van der Waals surface area contributed by atoms with E-state index in [1.165, 1.54) is 0 Å². The summed E-state index contributed by atoms with van der Waals surface area (Å²) in [5, 5.41) is 20.4. The number of hydrogen-bond donors (Lipinski definition) is 8. The van der Waals surface area contributed by atoms with E-state index < -0.39 is 61.3 Å². The van der Waals surface area contributed by atoms with Gasteiger partial charge in [0.1, 0.15) is 18.6 Å². The van der Waals surface area contributed by atoms with Gasteiger partial charge in [-0.05, 0) is 44.4 Å². The van der Waals surface area contributed by atoms with Gasteiger partial charge < -0.3 is 42.4 Å². The normalized spacial score (nSPS) is 12.1. The minimum absolute atomic E-state index is 0.0739. The largest absolute Gasteiger partial charge is 0.480 e. The number of amides is 5. The molecule has 1 aromatic rings. The average Bonchev–Trinajstić information content (AvgIpc) is 3.23. The van der Waals surface area contributed by atoms with Crippen LogP contribution in [0.25, 0.3) is 0 Å². The number of carboxylic acids is 1. The lowest BCUT2D eigenvalue weighted by molar-refractivity contribution is -0.138. The van der Waals surface area contributed by atoms with Crippen LogP contribution in [0.15, 0.2) is 12.3 Å². The molecular weight excluding hydrogens is 462 g/mol. The summed E-state index contributed by atoms with van der Waals surface area (Å²) in [6.45, 7) is 0.763. The number of rotatable bonds is 17. The van der Waals surface area contributed by atoms with Gasteiger partial charge in [-0.15, -0.1) is 0 Å². The maximum Gasteiger partial charge on any atom is 0.322 e. The second-order valence-corrected chi connectivity index (χ2v) is 7.75. The Balaban J connectivity index is 2.70. The van der Waals surface area contributed by atoms with E-state index in [0.717, 1.165) is 5.56 Å². The van der Waals surface area contributed by atoms with E-state index >= 15 is 0 Å². The van der Waals surface area contributed by atoms with E-state index in [2.05, 4.69) is 31.6 Å². The number of aromatic amines is 1. The van der Waals surface area contributed by atoms with Crippen LogP contribution < -0.4 is 32.3 Å². The van der Waals surface area contributed by atoms with E-state index in [-0.39, 0.29) is 6.42 Å². The van der Waals surface area contributed by atoms with Gasteiger partial charge in [0, 0.05) is 18.3 Å². The maximum atomic E-state index is 12.6. The number of nitrogens with two attached hydrogens (primary N) is 1. The van der Waals surface area contributed by atoms with Crippen molar-refractivity contribution in [3.8, 4) is 0 Å². The number of H-pyrrole nitrogens is 1. The zero-order valence-corrected chi connectivity index (χ0v) is 19.5. The number of aromatic nitrogens is 1. The summed E-state index contributed by atoms with van der Waals surface area (Å²) in [6.07, 6.45) is 3.83. The van der Waals surface area contributed by atoms with E-state index in [1.807, 2.05) is 6.92 Å². The third-order valence-electron chi connectivity index (χ3n) is 4.78. The molecule has 0 saturated heterocycles. The number of carbonyl (C=O) groups is 6. The summed E-state index contributed by atoms with van der Waals surface area (Å²) >= 11 is 0. The Morgan fingerprint density at radius 2 is 1.66 bits per heavy atom. The topological polar surface area (TPSA) is 225 Å². The molecule has 0 bridgehead atoms. The maximum absolute atomic E-state index is 12.6. The minimum atomic E-state index is -1.23. The summed E-state index contributed by atoms with van der Waals surface area (Å²) < 4.78 is 0. The van der Waals surface area contributed by atoms with Crippen LogP contribution in [0.2, 0.25) is 0 Å². The molecule has 9 N–H and O–H groups in total. The van der Waals surface area contributed by atoms with Gasteiger partial charge in [-0.1, -0.05) is 0 Å². The number of carboxylic acid groups (broad SMARTS) is 1. The average molecular weight is 496 g/mol. The third-order valence-corrected chi connectivity index (χ3v) is 4.78. The zero-order chi connectivity index (χ0) is 26.2. The zero-order valence-electron chi connectivity index (χ0n) is 19.5. The summed E-state index contributed by atoms with van der Waals surface area (Å²) in [4.78, 5) is 73.3. The highest BCUT2D eigenvalue weighted by Crippen LogP contribution is 2.05. The quantitative estimate of drug-likeness (QED) is 0.0820. The SMILES string of the molecule is Cc1c[nH]c(CC(NC(=O)CNC(=O)C(CCCCN)NC=O)C(=O)NCC(=O)NCC(=O)O)c1. The number of aliphatic carboxylic acids is 1. The highest BCUT2D eigenvalue weighted by molar-refractivity contribution is 5.93. The Morgan fingerprint density at radius 1 is 1.00 bits per heavy atom. The first-order valence-corrected chi connectivity index (χ1v) is 11.0. The van der Waals surface area contributed by atoms with Gasteiger partial charge in [-0.2, -0.15) is 0 Å². The first kappa shape index (κ1) is 29.1. The smallest absolute Gasteiger partial charge is 0.322 e. The fourth-order valence-corrected chi connectivity index (χ4v) is 3.04. The highest BCUT2D eigenvalue weighted by Gasteiger charge is 2.24. The van der Waals surface area contributed by atoms with Gasteiger partial charge in [0.05, 0.1) is 13.1 Å². The Hall–Kier alpha value is -3.94. The van der Waals surface area contributed by atoms with Crippen molar-refractivity contribution in [1.29, 1.82) is 0 Å². The summed E-state index contributed by atoms with van der Waals surface area (Å²) in [7, 11) is 0. The molecule has 14 heteroatoms. The van der Waals surface area contributed by atoms with Crippen LogP contribution in [0, 0.1) is 6.92 Å². The van der Waals surface area contributed by atoms with Crippen LogP contribution in [0.3, 0.4) is 0 Å². The lowest BCUT2D eigenvalue weighted by Gasteiger charge is -2.19. The van der Waals surface area contributed by atoms with Crippen LogP contribution >= 0.6 is 0 Å². The number of hydrogen-bond acceptors (Lipinski definition) is 7. The Labute approximate surface area is 202 Å². The van der Waals surface area contributed by atoms with Crippen LogP contribution in [0.1, 0.15) is 30.5 Å². The van der Waals surface area contributed by atoms with Crippen molar-refractivity contribution >= 4 is 36.0 Å². The predicted molar refractivity (Wildman–Crippen MR) is 124 cm³/mol. The Bertz CT molecular complexity index is 887. The number of nitrogens with one attached hydrogen (secondary N) is 6. The van der Waals surface area contributed by atoms with Crippen molar-refractivity contribution in [2.75, 3.05) is 26.2 Å². The van der Waals surface area contributed by atoms with Gasteiger partial charge in [0.25, 0.3) is 0 Å². The van der Waals surface area contributed by atoms with Crippen molar-refractivity contribution in [3.63, 3.8) is 0 Å². The standard InChI is InChI=1S/C21H33N7O7/c1-13-6-14(23-8-13)7-16(21(35)25-9-17(30)24-11-19(32)33)28-18(31)10-26-20(34)15(27-12-29)4-2-3-5-22/h6,8,12,15-16,23H,2-5,7,9-11,22H2,1H3,(H,24,30)(H,25,35)(H,26,34)(H,27,29)(H,28,31)(H,32,33).